The van der Waals surface area contributed by atoms with Gasteiger partial charge in [-0.25, -0.2) is 4.79 Å². The Morgan fingerprint density at radius 1 is 1.35 bits per heavy atom. The summed E-state index contributed by atoms with van der Waals surface area (Å²) in [7, 11) is 1.56. The number of thiocarbonyl (C=S) groups is 1. The zero-order valence-electron chi connectivity index (χ0n) is 13.3. The molecule has 3 amide bonds. The number of nitrogens with one attached hydrogen (secondary N) is 3. The van der Waals surface area contributed by atoms with Gasteiger partial charge in [0.15, 0.2) is 5.11 Å². The first kappa shape index (κ1) is 17.0. The Morgan fingerprint density at radius 3 is 2.57 bits per heavy atom. The van der Waals surface area contributed by atoms with E-state index in [-0.39, 0.29) is 5.11 Å². The quantitative estimate of drug-likeness (QED) is 0.555. The molecule has 3 N–H and O–H groups in total. The molecule has 23 heavy (non-hydrogen) atoms. The van der Waals surface area contributed by atoms with Gasteiger partial charge >= 0.3 is 6.03 Å². The van der Waals surface area contributed by atoms with Gasteiger partial charge in [-0.15, -0.1) is 0 Å². The minimum absolute atomic E-state index is 0.231. The summed E-state index contributed by atoms with van der Waals surface area (Å²) in [5.41, 5.74) is 2.13. The minimum Gasteiger partial charge on any atom is -0.497 e. The van der Waals surface area contributed by atoms with Gasteiger partial charge in [-0.2, -0.15) is 5.01 Å². The van der Waals surface area contributed by atoms with Crippen molar-refractivity contribution in [2.75, 3.05) is 13.7 Å². The molecule has 0 unspecified atom stereocenters. The van der Waals surface area contributed by atoms with E-state index in [2.05, 4.69) is 16.1 Å². The number of ether oxygens (including phenoxy) is 1. The van der Waals surface area contributed by atoms with Crippen molar-refractivity contribution in [1.82, 2.24) is 21.1 Å². The first-order chi connectivity index (χ1) is 10.9. The third-order valence-corrected chi connectivity index (χ3v) is 3.84. The summed E-state index contributed by atoms with van der Waals surface area (Å²) >= 11 is 5.07. The second kappa shape index (κ2) is 6.82. The van der Waals surface area contributed by atoms with Crippen molar-refractivity contribution in [3.63, 3.8) is 0 Å². The van der Waals surface area contributed by atoms with Gasteiger partial charge in [-0.1, -0.05) is 19.1 Å². The monoisotopic (exact) mass is 336 g/mol. The molecule has 124 valence electrons. The standard InChI is InChI=1S/C15H20N4O3S/c1-4-9-16-13(23)18-19-12(20)15(2,17-14(19)21)10-5-7-11(22-3)8-6-10/h5-8H,4,9H2,1-3H3,(H,17,21)(H2,16,18,23)/t15-/m0/s1. The second-order valence-electron chi connectivity index (χ2n) is 5.29. The van der Waals surface area contributed by atoms with Crippen molar-refractivity contribution in [3.05, 3.63) is 29.8 Å². The highest BCUT2D eigenvalue weighted by Gasteiger charge is 2.49. The lowest BCUT2D eigenvalue weighted by Crippen LogP contribution is -2.51. The Balaban J connectivity index is 2.16. The van der Waals surface area contributed by atoms with Crippen LogP contribution in [0, 0.1) is 0 Å². The number of carbonyl (C=O) groups is 2. The van der Waals surface area contributed by atoms with Gasteiger partial charge < -0.3 is 15.4 Å². The molecule has 1 aromatic carbocycles. The van der Waals surface area contributed by atoms with Crippen LogP contribution >= 0.6 is 12.2 Å². The molecule has 1 fully saturated rings. The van der Waals surface area contributed by atoms with Crippen LogP contribution in [0.5, 0.6) is 5.75 Å². The van der Waals surface area contributed by atoms with E-state index in [1.54, 1.807) is 38.3 Å². The summed E-state index contributed by atoms with van der Waals surface area (Å²) in [6.45, 7) is 4.30. The fourth-order valence-electron chi connectivity index (χ4n) is 2.24. The largest absolute Gasteiger partial charge is 0.497 e. The molecule has 7 nitrogen and oxygen atoms in total. The van der Waals surface area contributed by atoms with Gasteiger partial charge in [0, 0.05) is 6.54 Å². The fourth-order valence-corrected chi connectivity index (χ4v) is 2.43. The van der Waals surface area contributed by atoms with Crippen molar-refractivity contribution >= 4 is 29.3 Å². The third kappa shape index (κ3) is 3.37. The average Bonchev–Trinajstić information content (AvgIpc) is 2.77. The average molecular weight is 336 g/mol. The van der Waals surface area contributed by atoms with Crippen LogP contribution in [0.4, 0.5) is 4.79 Å². The molecule has 1 aromatic rings. The summed E-state index contributed by atoms with van der Waals surface area (Å²) in [6, 6.07) is 6.42. The van der Waals surface area contributed by atoms with Gasteiger partial charge in [0.2, 0.25) is 0 Å². The van der Waals surface area contributed by atoms with E-state index in [1.165, 1.54) is 0 Å². The molecule has 2 rings (SSSR count). The molecule has 0 aliphatic carbocycles. The number of urea groups is 1. The number of nitrogens with zero attached hydrogens (tertiary/aromatic N) is 1. The van der Waals surface area contributed by atoms with Crippen LogP contribution in [-0.4, -0.2) is 35.7 Å². The maximum absolute atomic E-state index is 12.7. The van der Waals surface area contributed by atoms with Crippen LogP contribution in [0.3, 0.4) is 0 Å². The molecular weight excluding hydrogens is 316 g/mol. The lowest BCUT2D eigenvalue weighted by atomic mass is 9.92. The number of hydrogen-bond acceptors (Lipinski definition) is 4. The van der Waals surface area contributed by atoms with Crippen LogP contribution in [-0.2, 0) is 10.3 Å². The lowest BCUT2D eigenvalue weighted by Gasteiger charge is -2.22. The molecular formula is C15H20N4O3S. The zero-order valence-corrected chi connectivity index (χ0v) is 14.1. The molecule has 1 aliphatic heterocycles. The van der Waals surface area contributed by atoms with Gasteiger partial charge in [0.25, 0.3) is 5.91 Å². The Morgan fingerprint density at radius 2 is 2.00 bits per heavy atom. The Kier molecular flexibility index (Phi) is 5.05. The number of imide groups is 1. The predicted octanol–water partition coefficient (Wildman–Crippen LogP) is 1.25. The number of carbonyl (C=O) groups excluding carboxylic acids is 2. The zero-order chi connectivity index (χ0) is 17.0. The fraction of sp³-hybridized carbons (Fsp3) is 0.400. The molecule has 0 radical (unpaired) electrons. The molecule has 1 saturated heterocycles. The number of methoxy groups -OCH3 is 1. The molecule has 0 aromatic heterocycles. The second-order valence-corrected chi connectivity index (χ2v) is 5.70. The number of amides is 3. The predicted molar refractivity (Wildman–Crippen MR) is 89.8 cm³/mol. The highest BCUT2D eigenvalue weighted by molar-refractivity contribution is 7.80. The van der Waals surface area contributed by atoms with Crippen molar-refractivity contribution in [1.29, 1.82) is 0 Å². The molecule has 1 heterocycles. The number of benzene rings is 1. The van der Waals surface area contributed by atoms with Crippen LogP contribution in [0.25, 0.3) is 0 Å². The maximum atomic E-state index is 12.7. The molecule has 1 atom stereocenters. The molecule has 0 spiro atoms. The summed E-state index contributed by atoms with van der Waals surface area (Å²) < 4.78 is 5.10. The topological polar surface area (TPSA) is 82.7 Å². The normalized spacial score (nSPS) is 20.2. The molecule has 8 heteroatoms. The Hall–Kier alpha value is -2.35. The Bertz CT molecular complexity index is 620. The van der Waals surface area contributed by atoms with Gasteiger partial charge in [0.05, 0.1) is 7.11 Å². The van der Waals surface area contributed by atoms with Crippen LogP contribution < -0.4 is 20.8 Å². The van der Waals surface area contributed by atoms with Gasteiger partial charge in [0.1, 0.15) is 11.3 Å². The van der Waals surface area contributed by atoms with E-state index >= 15 is 0 Å². The van der Waals surface area contributed by atoms with E-state index in [0.717, 1.165) is 11.4 Å². The number of hydrazine groups is 1. The minimum atomic E-state index is -1.16. The summed E-state index contributed by atoms with van der Waals surface area (Å²) in [5.74, 6) is 0.252. The summed E-state index contributed by atoms with van der Waals surface area (Å²) in [5, 5.41) is 6.73. The van der Waals surface area contributed by atoms with E-state index < -0.39 is 17.5 Å². The van der Waals surface area contributed by atoms with Gasteiger partial charge in [-0.3, -0.25) is 10.2 Å². The van der Waals surface area contributed by atoms with Crippen LogP contribution in [0.15, 0.2) is 24.3 Å². The number of rotatable bonds is 5. The van der Waals surface area contributed by atoms with Crippen LogP contribution in [0.1, 0.15) is 25.8 Å². The first-order valence-electron chi connectivity index (χ1n) is 7.28. The number of hydrogen-bond donors (Lipinski definition) is 3. The highest BCUT2D eigenvalue weighted by atomic mass is 32.1. The molecule has 1 aliphatic rings. The van der Waals surface area contributed by atoms with Crippen molar-refractivity contribution in [2.45, 2.75) is 25.8 Å². The van der Waals surface area contributed by atoms with Crippen molar-refractivity contribution < 1.29 is 14.3 Å². The lowest BCUT2D eigenvalue weighted by molar-refractivity contribution is -0.132. The molecule has 0 saturated carbocycles. The molecule has 0 bridgehead atoms. The van der Waals surface area contributed by atoms with Crippen molar-refractivity contribution in [2.24, 2.45) is 0 Å². The van der Waals surface area contributed by atoms with E-state index in [9.17, 15) is 9.59 Å². The summed E-state index contributed by atoms with van der Waals surface area (Å²) in [6.07, 6.45) is 0.880. The third-order valence-electron chi connectivity index (χ3n) is 3.61. The Labute approximate surface area is 140 Å². The maximum Gasteiger partial charge on any atom is 0.344 e. The summed E-state index contributed by atoms with van der Waals surface area (Å²) in [4.78, 5) is 24.8. The van der Waals surface area contributed by atoms with E-state index in [1.807, 2.05) is 6.92 Å². The first-order valence-corrected chi connectivity index (χ1v) is 7.69. The van der Waals surface area contributed by atoms with Crippen molar-refractivity contribution in [3.8, 4) is 5.75 Å². The van der Waals surface area contributed by atoms with Crippen LogP contribution in [0.2, 0.25) is 0 Å². The SMILES string of the molecule is CCCNC(=S)NN1C(=O)N[C@@](C)(c2ccc(OC)cc2)C1=O. The van der Waals surface area contributed by atoms with Gasteiger partial charge in [-0.05, 0) is 43.3 Å². The highest BCUT2D eigenvalue weighted by Crippen LogP contribution is 2.29. The van der Waals surface area contributed by atoms with E-state index in [0.29, 0.717) is 17.9 Å². The smallest absolute Gasteiger partial charge is 0.344 e. The van der Waals surface area contributed by atoms with E-state index in [4.69, 9.17) is 17.0 Å².